The normalized spacial score (nSPS) is 10.4. The van der Waals surface area contributed by atoms with Gasteiger partial charge in [0.05, 0.1) is 4.92 Å². The van der Waals surface area contributed by atoms with Gasteiger partial charge in [-0.15, -0.1) is 0 Å². The molecule has 0 aromatic heterocycles. The standard InChI is InChI=1S/C14H21BrN2O2/c1-2-3-4-5-6-7-10-16-13-9-8-12(15)11-14(13)17(18)19/h8-9,11,16H,2-7,10H2,1H3. The Labute approximate surface area is 122 Å². The molecule has 106 valence electrons. The van der Waals surface area contributed by atoms with E-state index >= 15 is 0 Å². The van der Waals surface area contributed by atoms with E-state index in [1.54, 1.807) is 6.07 Å². The van der Waals surface area contributed by atoms with E-state index < -0.39 is 0 Å². The highest BCUT2D eigenvalue weighted by Crippen LogP contribution is 2.27. The van der Waals surface area contributed by atoms with Gasteiger partial charge in [0, 0.05) is 17.1 Å². The Bertz CT molecular complexity index is 410. The van der Waals surface area contributed by atoms with E-state index in [0.29, 0.717) is 5.69 Å². The van der Waals surface area contributed by atoms with Gasteiger partial charge in [0.15, 0.2) is 0 Å². The maximum Gasteiger partial charge on any atom is 0.293 e. The molecule has 1 aromatic carbocycles. The first kappa shape index (κ1) is 16.0. The number of unbranched alkanes of at least 4 members (excludes halogenated alkanes) is 5. The molecule has 0 amide bonds. The Morgan fingerprint density at radius 1 is 1.21 bits per heavy atom. The quantitative estimate of drug-likeness (QED) is 0.388. The highest BCUT2D eigenvalue weighted by molar-refractivity contribution is 9.10. The summed E-state index contributed by atoms with van der Waals surface area (Å²) in [6.07, 6.45) is 7.32. The number of hydrogen-bond donors (Lipinski definition) is 1. The molecule has 0 saturated carbocycles. The van der Waals surface area contributed by atoms with E-state index in [4.69, 9.17) is 0 Å². The number of nitrogens with one attached hydrogen (secondary N) is 1. The Morgan fingerprint density at radius 2 is 1.89 bits per heavy atom. The zero-order valence-electron chi connectivity index (χ0n) is 11.3. The molecule has 19 heavy (non-hydrogen) atoms. The Hall–Kier alpha value is -1.10. The first-order chi connectivity index (χ1) is 9.15. The van der Waals surface area contributed by atoms with Crippen LogP contribution in [0.1, 0.15) is 45.4 Å². The van der Waals surface area contributed by atoms with Gasteiger partial charge in [0.2, 0.25) is 0 Å². The fourth-order valence-electron chi connectivity index (χ4n) is 1.93. The van der Waals surface area contributed by atoms with Crippen LogP contribution in [0.15, 0.2) is 22.7 Å². The maximum atomic E-state index is 10.9. The van der Waals surface area contributed by atoms with Crippen molar-refractivity contribution >= 4 is 27.3 Å². The second-order valence-corrected chi connectivity index (χ2v) is 5.53. The minimum absolute atomic E-state index is 0.125. The number of nitrogens with zero attached hydrogens (tertiary/aromatic N) is 1. The molecule has 0 spiro atoms. The fraction of sp³-hybridized carbons (Fsp3) is 0.571. The summed E-state index contributed by atoms with van der Waals surface area (Å²) in [5.41, 5.74) is 0.724. The molecule has 0 aliphatic rings. The van der Waals surface area contributed by atoms with Crippen LogP contribution in [0.25, 0.3) is 0 Å². The lowest BCUT2D eigenvalue weighted by Crippen LogP contribution is -2.04. The monoisotopic (exact) mass is 328 g/mol. The number of nitro groups is 1. The summed E-state index contributed by atoms with van der Waals surface area (Å²) >= 11 is 3.25. The molecule has 0 atom stereocenters. The number of hydrogen-bond acceptors (Lipinski definition) is 3. The molecule has 0 aliphatic heterocycles. The van der Waals surface area contributed by atoms with E-state index in [2.05, 4.69) is 28.2 Å². The summed E-state index contributed by atoms with van der Waals surface area (Å²) in [6, 6.07) is 5.10. The minimum atomic E-state index is -0.353. The van der Waals surface area contributed by atoms with Crippen molar-refractivity contribution in [2.75, 3.05) is 11.9 Å². The van der Waals surface area contributed by atoms with Crippen LogP contribution in [0.5, 0.6) is 0 Å². The van der Waals surface area contributed by atoms with Crippen molar-refractivity contribution in [3.8, 4) is 0 Å². The largest absolute Gasteiger partial charge is 0.379 e. The van der Waals surface area contributed by atoms with Crippen molar-refractivity contribution < 1.29 is 4.92 Å². The average molecular weight is 329 g/mol. The number of benzene rings is 1. The van der Waals surface area contributed by atoms with Crippen molar-refractivity contribution in [1.82, 2.24) is 0 Å². The molecule has 5 heteroatoms. The van der Waals surface area contributed by atoms with Gasteiger partial charge in [0.25, 0.3) is 5.69 Å². The van der Waals surface area contributed by atoms with Gasteiger partial charge in [-0.1, -0.05) is 55.0 Å². The van der Waals surface area contributed by atoms with Crippen LogP contribution >= 0.6 is 15.9 Å². The predicted molar refractivity (Wildman–Crippen MR) is 82.7 cm³/mol. The second-order valence-electron chi connectivity index (χ2n) is 4.61. The van der Waals surface area contributed by atoms with Crippen molar-refractivity contribution in [3.05, 3.63) is 32.8 Å². The second kappa shape index (κ2) is 8.91. The summed E-state index contributed by atoms with van der Waals surface area (Å²) in [5, 5.41) is 14.1. The number of anilines is 1. The van der Waals surface area contributed by atoms with Gasteiger partial charge in [-0.2, -0.15) is 0 Å². The van der Waals surface area contributed by atoms with Gasteiger partial charge in [-0.25, -0.2) is 0 Å². The zero-order valence-corrected chi connectivity index (χ0v) is 12.9. The molecule has 0 unspecified atom stereocenters. The third-order valence-corrected chi connectivity index (χ3v) is 3.50. The lowest BCUT2D eigenvalue weighted by Gasteiger charge is -2.07. The lowest BCUT2D eigenvalue weighted by molar-refractivity contribution is -0.384. The fourth-order valence-corrected chi connectivity index (χ4v) is 2.28. The third-order valence-electron chi connectivity index (χ3n) is 3.00. The molecule has 1 rings (SSSR count). The molecule has 0 radical (unpaired) electrons. The summed E-state index contributed by atoms with van der Waals surface area (Å²) in [7, 11) is 0. The summed E-state index contributed by atoms with van der Waals surface area (Å²) in [6.45, 7) is 2.99. The van der Waals surface area contributed by atoms with Crippen molar-refractivity contribution in [3.63, 3.8) is 0 Å². The van der Waals surface area contributed by atoms with E-state index in [-0.39, 0.29) is 10.6 Å². The van der Waals surface area contributed by atoms with E-state index in [1.807, 2.05) is 6.07 Å². The predicted octanol–water partition coefficient (Wildman–Crippen LogP) is 5.13. The van der Waals surface area contributed by atoms with Crippen LogP contribution < -0.4 is 5.32 Å². The van der Waals surface area contributed by atoms with Crippen molar-refractivity contribution in [1.29, 1.82) is 0 Å². The van der Waals surface area contributed by atoms with Crippen LogP contribution in [0.3, 0.4) is 0 Å². The van der Waals surface area contributed by atoms with Crippen LogP contribution in [-0.2, 0) is 0 Å². The van der Waals surface area contributed by atoms with Crippen molar-refractivity contribution in [2.24, 2.45) is 0 Å². The average Bonchev–Trinajstić information content (AvgIpc) is 2.39. The van der Waals surface area contributed by atoms with Crippen LogP contribution in [0.4, 0.5) is 11.4 Å². The van der Waals surface area contributed by atoms with E-state index in [9.17, 15) is 10.1 Å². The third kappa shape index (κ3) is 6.05. The SMILES string of the molecule is CCCCCCCCNc1ccc(Br)cc1[N+](=O)[O-]. The highest BCUT2D eigenvalue weighted by atomic mass is 79.9. The van der Waals surface area contributed by atoms with Gasteiger partial charge in [0.1, 0.15) is 5.69 Å². The number of rotatable bonds is 9. The van der Waals surface area contributed by atoms with Crippen molar-refractivity contribution in [2.45, 2.75) is 45.4 Å². The summed E-state index contributed by atoms with van der Waals surface area (Å²) < 4.78 is 0.726. The molecule has 0 saturated heterocycles. The van der Waals surface area contributed by atoms with E-state index in [1.165, 1.54) is 38.2 Å². The van der Waals surface area contributed by atoms with Gasteiger partial charge in [-0.05, 0) is 18.6 Å². The molecule has 0 aliphatic carbocycles. The van der Waals surface area contributed by atoms with Gasteiger partial charge < -0.3 is 5.32 Å². The first-order valence-corrected chi connectivity index (χ1v) is 7.62. The molecular weight excluding hydrogens is 308 g/mol. The number of halogens is 1. The van der Waals surface area contributed by atoms with Gasteiger partial charge >= 0.3 is 0 Å². The lowest BCUT2D eigenvalue weighted by atomic mass is 10.1. The Balaban J connectivity index is 2.35. The summed E-state index contributed by atoms with van der Waals surface area (Å²) in [4.78, 5) is 10.6. The minimum Gasteiger partial charge on any atom is -0.379 e. The Morgan fingerprint density at radius 3 is 2.58 bits per heavy atom. The highest BCUT2D eigenvalue weighted by Gasteiger charge is 2.13. The van der Waals surface area contributed by atoms with Gasteiger partial charge in [-0.3, -0.25) is 10.1 Å². The molecular formula is C14H21BrN2O2. The molecule has 1 aromatic rings. The molecule has 0 heterocycles. The molecule has 0 fully saturated rings. The molecule has 0 bridgehead atoms. The van der Waals surface area contributed by atoms with Crippen LogP contribution in [0.2, 0.25) is 0 Å². The summed E-state index contributed by atoms with van der Waals surface area (Å²) in [5.74, 6) is 0. The topological polar surface area (TPSA) is 55.2 Å². The van der Waals surface area contributed by atoms with Crippen LogP contribution in [-0.4, -0.2) is 11.5 Å². The molecule has 4 nitrogen and oxygen atoms in total. The van der Waals surface area contributed by atoms with E-state index in [0.717, 1.165) is 17.4 Å². The Kier molecular flexibility index (Phi) is 7.48. The zero-order chi connectivity index (χ0) is 14.1. The smallest absolute Gasteiger partial charge is 0.293 e. The first-order valence-electron chi connectivity index (χ1n) is 6.83. The van der Waals surface area contributed by atoms with Crippen LogP contribution in [0, 0.1) is 10.1 Å². The number of nitro benzene ring substituents is 1. The maximum absolute atomic E-state index is 10.9. The molecule has 1 N–H and O–H groups in total.